The second-order valence-corrected chi connectivity index (χ2v) is 5.82. The fraction of sp³-hybridized carbons (Fsp3) is 0.0500. The van der Waals surface area contributed by atoms with E-state index in [0.29, 0.717) is 5.56 Å². The minimum Gasteiger partial charge on any atom is -0.347 e. The summed E-state index contributed by atoms with van der Waals surface area (Å²) in [5.41, 5.74) is 0.886. The van der Waals surface area contributed by atoms with Crippen LogP contribution in [0.3, 0.4) is 0 Å². The molecule has 3 rings (SSSR count). The maximum absolute atomic E-state index is 13.2. The Hall–Kier alpha value is -3.68. The Labute approximate surface area is 158 Å². The van der Waals surface area contributed by atoms with E-state index >= 15 is 0 Å². The molecule has 1 heterocycles. The number of nitrogens with one attached hydrogen (secondary N) is 2. The summed E-state index contributed by atoms with van der Waals surface area (Å²) in [4.78, 5) is 28.4. The number of carbonyl (C=O) groups is 2. The zero-order valence-electron chi connectivity index (χ0n) is 14.4. The minimum atomic E-state index is -1.09. The molecule has 0 aliphatic rings. The molecule has 2 amide bonds. The van der Waals surface area contributed by atoms with Crippen molar-refractivity contribution in [2.75, 3.05) is 5.32 Å². The molecule has 2 aromatic carbocycles. The van der Waals surface area contributed by atoms with Crippen molar-refractivity contribution in [3.8, 4) is 0 Å². The topological polar surface area (TPSA) is 71.1 Å². The van der Waals surface area contributed by atoms with Crippen molar-refractivity contribution >= 4 is 17.5 Å². The number of halogens is 3. The fourth-order valence-electron chi connectivity index (χ4n) is 2.35. The summed E-state index contributed by atoms with van der Waals surface area (Å²) < 4.78 is 39.1. The molecule has 2 N–H and O–H groups in total. The molecule has 0 aliphatic carbocycles. The molecule has 0 saturated carbocycles. The van der Waals surface area contributed by atoms with E-state index in [4.69, 9.17) is 0 Å². The van der Waals surface area contributed by atoms with Crippen molar-refractivity contribution in [2.45, 2.75) is 6.54 Å². The molecular weight excluding hydrogens is 371 g/mol. The van der Waals surface area contributed by atoms with Crippen LogP contribution in [0.1, 0.15) is 26.4 Å². The number of amides is 2. The molecule has 0 radical (unpaired) electrons. The molecule has 0 bridgehead atoms. The smallest absolute Gasteiger partial charge is 0.270 e. The Kier molecular flexibility index (Phi) is 5.69. The van der Waals surface area contributed by atoms with Gasteiger partial charge in [-0.1, -0.05) is 12.1 Å². The van der Waals surface area contributed by atoms with Gasteiger partial charge < -0.3 is 10.6 Å². The fourth-order valence-corrected chi connectivity index (χ4v) is 2.35. The average molecular weight is 385 g/mol. The molecular formula is C20H14F3N3O2. The average Bonchev–Trinajstić information content (AvgIpc) is 2.70. The first kappa shape index (κ1) is 19.1. The third-order valence-corrected chi connectivity index (χ3v) is 3.80. The predicted octanol–water partition coefficient (Wildman–Crippen LogP) is 3.68. The molecule has 0 fully saturated rings. The van der Waals surface area contributed by atoms with Gasteiger partial charge in [0, 0.05) is 30.1 Å². The highest BCUT2D eigenvalue weighted by atomic mass is 19.2. The van der Waals surface area contributed by atoms with Crippen molar-refractivity contribution in [1.29, 1.82) is 0 Å². The number of hydrogen-bond donors (Lipinski definition) is 2. The van der Waals surface area contributed by atoms with Crippen LogP contribution in [0.2, 0.25) is 0 Å². The van der Waals surface area contributed by atoms with Gasteiger partial charge in [-0.15, -0.1) is 0 Å². The van der Waals surface area contributed by atoms with Crippen LogP contribution < -0.4 is 10.6 Å². The number of pyridine rings is 1. The number of anilines is 1. The Morgan fingerprint density at radius 3 is 2.32 bits per heavy atom. The number of hydrogen-bond acceptors (Lipinski definition) is 3. The first-order valence-corrected chi connectivity index (χ1v) is 8.17. The van der Waals surface area contributed by atoms with Crippen LogP contribution in [-0.2, 0) is 6.54 Å². The number of rotatable bonds is 5. The highest BCUT2D eigenvalue weighted by Crippen LogP contribution is 2.14. The molecule has 0 spiro atoms. The minimum absolute atomic E-state index is 0.0000448. The van der Waals surface area contributed by atoms with E-state index in [1.54, 1.807) is 0 Å². The van der Waals surface area contributed by atoms with Crippen molar-refractivity contribution in [2.24, 2.45) is 0 Å². The summed E-state index contributed by atoms with van der Waals surface area (Å²) in [7, 11) is 0. The number of aromatic nitrogens is 1. The second kappa shape index (κ2) is 8.34. The molecule has 0 saturated heterocycles. The van der Waals surface area contributed by atoms with Gasteiger partial charge in [0.1, 0.15) is 11.5 Å². The zero-order valence-corrected chi connectivity index (χ0v) is 14.4. The molecule has 28 heavy (non-hydrogen) atoms. The predicted molar refractivity (Wildman–Crippen MR) is 96.1 cm³/mol. The molecule has 142 valence electrons. The van der Waals surface area contributed by atoms with E-state index in [1.165, 1.54) is 48.7 Å². The van der Waals surface area contributed by atoms with E-state index in [0.717, 1.165) is 12.1 Å². The summed E-state index contributed by atoms with van der Waals surface area (Å²) in [5, 5.41) is 5.03. The molecule has 0 unspecified atom stereocenters. The largest absolute Gasteiger partial charge is 0.347 e. The van der Waals surface area contributed by atoms with Crippen molar-refractivity contribution < 1.29 is 22.8 Å². The van der Waals surface area contributed by atoms with Crippen LogP contribution in [0.25, 0.3) is 0 Å². The highest BCUT2D eigenvalue weighted by molar-refractivity contribution is 6.05. The molecule has 3 aromatic rings. The normalized spacial score (nSPS) is 10.4. The maximum atomic E-state index is 13.2. The quantitative estimate of drug-likeness (QED) is 0.704. The van der Waals surface area contributed by atoms with Gasteiger partial charge in [-0.05, 0) is 42.0 Å². The van der Waals surface area contributed by atoms with Crippen LogP contribution in [0.4, 0.5) is 18.9 Å². The summed E-state index contributed by atoms with van der Waals surface area (Å²) in [6.45, 7) is 0.159. The van der Waals surface area contributed by atoms with Crippen molar-refractivity contribution in [1.82, 2.24) is 10.3 Å². The lowest BCUT2D eigenvalue weighted by molar-refractivity contribution is 0.0946. The van der Waals surface area contributed by atoms with Gasteiger partial charge in [-0.25, -0.2) is 13.2 Å². The number of carbonyl (C=O) groups excluding carboxylic acids is 2. The molecule has 0 aliphatic heterocycles. The Morgan fingerprint density at radius 2 is 1.61 bits per heavy atom. The summed E-state index contributed by atoms with van der Waals surface area (Å²) >= 11 is 0. The standard InChI is InChI=1S/C20H14F3N3O2/c21-14-3-1-12(2-4-14)11-25-20(28)18-9-13(7-8-24-18)19(27)26-15-5-6-16(22)17(23)10-15/h1-10H,11H2,(H,25,28)(H,26,27). The van der Waals surface area contributed by atoms with Crippen LogP contribution in [0.15, 0.2) is 60.8 Å². The Bertz CT molecular complexity index is 1020. The molecule has 0 atom stereocenters. The van der Waals surface area contributed by atoms with Gasteiger partial charge in [-0.3, -0.25) is 14.6 Å². The Balaban J connectivity index is 1.66. The molecule has 8 heteroatoms. The van der Waals surface area contributed by atoms with E-state index in [1.807, 2.05) is 0 Å². The second-order valence-electron chi connectivity index (χ2n) is 5.82. The van der Waals surface area contributed by atoms with Crippen molar-refractivity contribution in [3.05, 3.63) is 95.1 Å². The lowest BCUT2D eigenvalue weighted by Crippen LogP contribution is -2.24. The summed E-state index contributed by atoms with van der Waals surface area (Å²) in [6, 6.07) is 11.3. The molecule has 5 nitrogen and oxygen atoms in total. The summed E-state index contributed by atoms with van der Waals surface area (Å²) in [6.07, 6.45) is 1.28. The first-order valence-electron chi connectivity index (χ1n) is 8.17. The van der Waals surface area contributed by atoms with Crippen LogP contribution >= 0.6 is 0 Å². The third kappa shape index (κ3) is 4.73. The zero-order chi connectivity index (χ0) is 20.1. The van der Waals surface area contributed by atoms with Crippen LogP contribution in [-0.4, -0.2) is 16.8 Å². The van der Waals surface area contributed by atoms with E-state index in [-0.39, 0.29) is 29.3 Å². The van der Waals surface area contributed by atoms with E-state index < -0.39 is 23.4 Å². The third-order valence-electron chi connectivity index (χ3n) is 3.80. The lowest BCUT2D eigenvalue weighted by atomic mass is 10.2. The number of benzene rings is 2. The van der Waals surface area contributed by atoms with Gasteiger partial charge in [0.2, 0.25) is 0 Å². The van der Waals surface area contributed by atoms with Crippen LogP contribution in [0, 0.1) is 17.5 Å². The maximum Gasteiger partial charge on any atom is 0.270 e. The van der Waals surface area contributed by atoms with Crippen LogP contribution in [0.5, 0.6) is 0 Å². The van der Waals surface area contributed by atoms with Gasteiger partial charge in [0.25, 0.3) is 11.8 Å². The van der Waals surface area contributed by atoms with E-state index in [9.17, 15) is 22.8 Å². The van der Waals surface area contributed by atoms with E-state index in [2.05, 4.69) is 15.6 Å². The van der Waals surface area contributed by atoms with Gasteiger partial charge in [0.05, 0.1) is 0 Å². The van der Waals surface area contributed by atoms with Gasteiger partial charge in [-0.2, -0.15) is 0 Å². The van der Waals surface area contributed by atoms with Gasteiger partial charge >= 0.3 is 0 Å². The SMILES string of the molecule is O=C(Nc1ccc(F)c(F)c1)c1ccnc(C(=O)NCc2ccc(F)cc2)c1. The molecule has 1 aromatic heterocycles. The monoisotopic (exact) mass is 385 g/mol. The number of nitrogens with zero attached hydrogens (tertiary/aromatic N) is 1. The van der Waals surface area contributed by atoms with Gasteiger partial charge in [0.15, 0.2) is 11.6 Å². The first-order chi connectivity index (χ1) is 13.4. The van der Waals surface area contributed by atoms with Crippen molar-refractivity contribution in [3.63, 3.8) is 0 Å². The lowest BCUT2D eigenvalue weighted by Gasteiger charge is -2.08. The summed E-state index contributed by atoms with van der Waals surface area (Å²) in [5.74, 6) is -3.63. The Morgan fingerprint density at radius 1 is 0.857 bits per heavy atom. The highest BCUT2D eigenvalue weighted by Gasteiger charge is 2.13.